The van der Waals surface area contributed by atoms with Gasteiger partial charge in [0.05, 0.1) is 6.42 Å². The molecule has 3 heteroatoms. The van der Waals surface area contributed by atoms with E-state index in [0.29, 0.717) is 18.5 Å². The van der Waals surface area contributed by atoms with Crippen LogP contribution in [0.2, 0.25) is 0 Å². The van der Waals surface area contributed by atoms with Gasteiger partial charge >= 0.3 is 0 Å². The third-order valence-electron chi connectivity index (χ3n) is 5.39. The van der Waals surface area contributed by atoms with Crippen LogP contribution in [0.1, 0.15) is 44.1 Å². The van der Waals surface area contributed by atoms with Gasteiger partial charge in [0, 0.05) is 19.1 Å². The van der Waals surface area contributed by atoms with Crippen molar-refractivity contribution in [2.24, 2.45) is 0 Å². The maximum Gasteiger partial charge on any atom is 0.227 e. The lowest BCUT2D eigenvalue weighted by Crippen LogP contribution is -2.53. The second-order valence-electron chi connectivity index (χ2n) is 6.83. The van der Waals surface area contributed by atoms with Gasteiger partial charge in [-0.2, -0.15) is 0 Å². The minimum atomic E-state index is 0.266. The van der Waals surface area contributed by atoms with E-state index in [1.54, 1.807) is 0 Å². The molecule has 2 aliphatic rings. The van der Waals surface area contributed by atoms with Gasteiger partial charge in [0.25, 0.3) is 0 Å². The average molecular weight is 300 g/mol. The van der Waals surface area contributed by atoms with Crippen LogP contribution in [0.4, 0.5) is 0 Å². The molecule has 0 N–H and O–H groups in total. The first-order valence-corrected chi connectivity index (χ1v) is 8.79. The van der Waals surface area contributed by atoms with Crippen molar-refractivity contribution in [3.8, 4) is 0 Å². The van der Waals surface area contributed by atoms with Gasteiger partial charge in [-0.3, -0.25) is 9.69 Å². The molecule has 0 bridgehead atoms. The predicted molar refractivity (Wildman–Crippen MR) is 89.8 cm³/mol. The van der Waals surface area contributed by atoms with Crippen LogP contribution < -0.4 is 0 Å². The molecule has 2 atom stereocenters. The lowest BCUT2D eigenvalue weighted by Gasteiger charge is -2.42. The van der Waals surface area contributed by atoms with Gasteiger partial charge < -0.3 is 4.90 Å². The van der Waals surface area contributed by atoms with E-state index in [4.69, 9.17) is 0 Å². The van der Waals surface area contributed by atoms with E-state index in [1.807, 2.05) is 37.4 Å². The van der Waals surface area contributed by atoms with Gasteiger partial charge in [-0.1, -0.05) is 43.2 Å². The van der Waals surface area contributed by atoms with Gasteiger partial charge in [-0.25, -0.2) is 0 Å². The van der Waals surface area contributed by atoms with E-state index < -0.39 is 0 Å². The van der Waals surface area contributed by atoms with E-state index in [1.165, 1.54) is 45.2 Å². The second kappa shape index (κ2) is 7.28. The fourth-order valence-electron chi connectivity index (χ4n) is 4.12. The Bertz CT molecular complexity index is 481. The predicted octanol–water partition coefficient (Wildman–Crippen LogP) is 3.09. The van der Waals surface area contributed by atoms with Crippen molar-refractivity contribution in [3.05, 3.63) is 35.9 Å². The highest BCUT2D eigenvalue weighted by atomic mass is 16.2. The normalized spacial score (nSPS) is 26.0. The van der Waals surface area contributed by atoms with Gasteiger partial charge in [-0.15, -0.1) is 0 Å². The van der Waals surface area contributed by atoms with E-state index in [0.717, 1.165) is 12.0 Å². The Morgan fingerprint density at radius 1 is 1.09 bits per heavy atom. The zero-order valence-corrected chi connectivity index (χ0v) is 13.7. The molecule has 1 amide bonds. The van der Waals surface area contributed by atoms with Crippen LogP contribution in [0.15, 0.2) is 30.3 Å². The second-order valence-corrected chi connectivity index (χ2v) is 6.83. The van der Waals surface area contributed by atoms with Crippen LogP contribution in [0.25, 0.3) is 0 Å². The highest BCUT2D eigenvalue weighted by Gasteiger charge is 2.35. The molecule has 1 aliphatic carbocycles. The zero-order chi connectivity index (χ0) is 15.4. The quantitative estimate of drug-likeness (QED) is 0.853. The van der Waals surface area contributed by atoms with Crippen molar-refractivity contribution in [3.63, 3.8) is 0 Å². The van der Waals surface area contributed by atoms with E-state index in [9.17, 15) is 4.79 Å². The highest BCUT2D eigenvalue weighted by molar-refractivity contribution is 5.78. The average Bonchev–Trinajstić information content (AvgIpc) is 3.09. The van der Waals surface area contributed by atoms with Crippen LogP contribution in [0.5, 0.6) is 0 Å². The van der Waals surface area contributed by atoms with Gasteiger partial charge in [0.15, 0.2) is 0 Å². The maximum absolute atomic E-state index is 12.7. The summed E-state index contributed by atoms with van der Waals surface area (Å²) in [5.74, 6) is 0.266. The summed E-state index contributed by atoms with van der Waals surface area (Å²) in [6, 6.07) is 11.1. The number of likely N-dealkylation sites (tertiary alicyclic amines) is 1. The molecule has 2 unspecified atom stereocenters. The standard InChI is InChI=1S/C19H28N2O/c1-20(19(22)15-16-9-3-2-4-10-16)17-11-5-6-12-18(17)21-13-7-8-14-21/h2-4,9-10,17-18H,5-8,11-15H2,1H3. The van der Waals surface area contributed by atoms with E-state index >= 15 is 0 Å². The number of likely N-dealkylation sites (N-methyl/N-ethyl adjacent to an activating group) is 1. The van der Waals surface area contributed by atoms with Crippen molar-refractivity contribution in [2.45, 2.75) is 57.0 Å². The third-order valence-corrected chi connectivity index (χ3v) is 5.39. The zero-order valence-electron chi connectivity index (χ0n) is 13.7. The SMILES string of the molecule is CN(C(=O)Cc1ccccc1)C1CCCCC1N1CCCC1. The van der Waals surface area contributed by atoms with Crippen LogP contribution in [0.3, 0.4) is 0 Å². The molecule has 1 aliphatic heterocycles. The number of hydrogen-bond acceptors (Lipinski definition) is 2. The molecule has 3 rings (SSSR count). The first-order chi connectivity index (χ1) is 10.8. The Kier molecular flexibility index (Phi) is 5.14. The molecule has 0 spiro atoms. The number of carbonyl (C=O) groups excluding carboxylic acids is 1. The van der Waals surface area contributed by atoms with Crippen LogP contribution in [-0.2, 0) is 11.2 Å². The Labute approximate surface area is 134 Å². The van der Waals surface area contributed by atoms with Crippen LogP contribution in [-0.4, -0.2) is 47.9 Å². The summed E-state index contributed by atoms with van der Waals surface area (Å²) in [7, 11) is 2.02. The molecular formula is C19H28N2O. The molecule has 1 saturated carbocycles. The lowest BCUT2D eigenvalue weighted by atomic mass is 9.88. The van der Waals surface area contributed by atoms with Crippen molar-refractivity contribution < 1.29 is 4.79 Å². The number of rotatable bonds is 4. The smallest absolute Gasteiger partial charge is 0.227 e. The Morgan fingerprint density at radius 3 is 2.50 bits per heavy atom. The number of hydrogen-bond donors (Lipinski definition) is 0. The lowest BCUT2D eigenvalue weighted by molar-refractivity contribution is -0.133. The Hall–Kier alpha value is -1.35. The summed E-state index contributed by atoms with van der Waals surface area (Å²) in [6.07, 6.45) is 8.18. The molecule has 2 fully saturated rings. The van der Waals surface area contributed by atoms with Crippen LogP contribution in [0, 0.1) is 0 Å². The highest BCUT2D eigenvalue weighted by Crippen LogP contribution is 2.29. The summed E-state index contributed by atoms with van der Waals surface area (Å²) in [5, 5.41) is 0. The summed E-state index contributed by atoms with van der Waals surface area (Å²) < 4.78 is 0. The number of amides is 1. The van der Waals surface area contributed by atoms with Crippen molar-refractivity contribution in [1.29, 1.82) is 0 Å². The van der Waals surface area contributed by atoms with Crippen molar-refractivity contribution in [1.82, 2.24) is 9.80 Å². The largest absolute Gasteiger partial charge is 0.341 e. The molecule has 1 saturated heterocycles. The minimum Gasteiger partial charge on any atom is -0.341 e. The minimum absolute atomic E-state index is 0.266. The fourth-order valence-corrected chi connectivity index (χ4v) is 4.12. The first-order valence-electron chi connectivity index (χ1n) is 8.79. The first kappa shape index (κ1) is 15.5. The maximum atomic E-state index is 12.7. The third kappa shape index (κ3) is 3.52. The van der Waals surface area contributed by atoms with Crippen LogP contribution >= 0.6 is 0 Å². The van der Waals surface area contributed by atoms with E-state index in [2.05, 4.69) is 9.80 Å². The van der Waals surface area contributed by atoms with Gasteiger partial charge in [0.1, 0.15) is 0 Å². The molecular weight excluding hydrogens is 272 g/mol. The molecule has 1 aromatic rings. The summed E-state index contributed by atoms with van der Waals surface area (Å²) in [4.78, 5) is 17.4. The number of nitrogens with zero attached hydrogens (tertiary/aromatic N) is 2. The molecule has 0 aromatic heterocycles. The molecule has 1 aromatic carbocycles. The summed E-state index contributed by atoms with van der Waals surface area (Å²) in [6.45, 7) is 2.45. The Morgan fingerprint density at radius 2 is 1.77 bits per heavy atom. The van der Waals surface area contributed by atoms with Crippen molar-refractivity contribution >= 4 is 5.91 Å². The van der Waals surface area contributed by atoms with Gasteiger partial charge in [-0.05, 0) is 44.3 Å². The van der Waals surface area contributed by atoms with Gasteiger partial charge in [0.2, 0.25) is 5.91 Å². The molecule has 0 radical (unpaired) electrons. The molecule has 1 heterocycles. The van der Waals surface area contributed by atoms with Crippen molar-refractivity contribution in [2.75, 3.05) is 20.1 Å². The summed E-state index contributed by atoms with van der Waals surface area (Å²) >= 11 is 0. The molecule has 22 heavy (non-hydrogen) atoms. The fraction of sp³-hybridized carbons (Fsp3) is 0.632. The number of carbonyl (C=O) groups is 1. The monoisotopic (exact) mass is 300 g/mol. The topological polar surface area (TPSA) is 23.6 Å². The molecule has 120 valence electrons. The Balaban J connectivity index is 1.65. The number of benzene rings is 1. The molecule has 3 nitrogen and oxygen atoms in total. The summed E-state index contributed by atoms with van der Waals surface area (Å²) in [5.41, 5.74) is 1.12. The van der Waals surface area contributed by atoms with E-state index in [-0.39, 0.29) is 5.91 Å².